The molecule has 0 saturated carbocycles. The molecule has 0 N–H and O–H groups in total. The molecule has 0 radical (unpaired) electrons. The minimum Gasteiger partial charge on any atom is -0.378 e. The molecule has 0 bridgehead atoms. The summed E-state index contributed by atoms with van der Waals surface area (Å²) in [6, 6.07) is 9.04. The number of halogens is 2. The number of ether oxygens (including phenoxy) is 2. The van der Waals surface area contributed by atoms with Gasteiger partial charge in [0.25, 0.3) is 0 Å². The van der Waals surface area contributed by atoms with E-state index in [2.05, 4.69) is 19.9 Å². The first-order valence-corrected chi connectivity index (χ1v) is 11.3. The minimum absolute atomic E-state index is 0.306. The van der Waals surface area contributed by atoms with Crippen molar-refractivity contribution in [3.05, 3.63) is 76.7 Å². The number of morpholine rings is 1. The van der Waals surface area contributed by atoms with Gasteiger partial charge in [0.15, 0.2) is 0 Å². The van der Waals surface area contributed by atoms with E-state index in [1.807, 2.05) is 28.7 Å². The van der Waals surface area contributed by atoms with Gasteiger partial charge >= 0.3 is 0 Å². The lowest BCUT2D eigenvalue weighted by Gasteiger charge is -2.26. The van der Waals surface area contributed by atoms with Crippen LogP contribution in [0.15, 0.2) is 48.9 Å². The second kappa shape index (κ2) is 8.37. The lowest BCUT2D eigenvalue weighted by atomic mass is 10.0. The van der Waals surface area contributed by atoms with Crippen molar-refractivity contribution in [2.24, 2.45) is 0 Å². The Hall–Kier alpha value is -3.07. The highest BCUT2D eigenvalue weighted by Gasteiger charge is 2.28. The molecule has 0 amide bonds. The quantitative estimate of drug-likeness (QED) is 0.454. The third kappa shape index (κ3) is 3.74. The summed E-state index contributed by atoms with van der Waals surface area (Å²) in [5.74, 6) is 0.260. The van der Waals surface area contributed by atoms with E-state index in [1.54, 1.807) is 18.6 Å². The van der Waals surface area contributed by atoms with Crippen molar-refractivity contribution < 1.29 is 13.9 Å². The van der Waals surface area contributed by atoms with E-state index in [9.17, 15) is 0 Å². The molecule has 1 unspecified atom stereocenters. The molecule has 9 heteroatoms. The Morgan fingerprint density at radius 1 is 1.03 bits per heavy atom. The Kier molecular flexibility index (Phi) is 5.21. The van der Waals surface area contributed by atoms with Gasteiger partial charge in [-0.15, -0.1) is 0 Å². The van der Waals surface area contributed by atoms with E-state index in [0.29, 0.717) is 54.0 Å². The average Bonchev–Trinajstić information content (AvgIpc) is 3.22. The highest BCUT2D eigenvalue weighted by Crippen LogP contribution is 2.35. The molecule has 7 nitrogen and oxygen atoms in total. The smallest absolute Gasteiger partial charge is 0.225 e. The van der Waals surface area contributed by atoms with Crippen molar-refractivity contribution in [2.45, 2.75) is 12.5 Å². The summed E-state index contributed by atoms with van der Waals surface area (Å²) in [5, 5.41) is 0.665. The number of aromatic nitrogens is 4. The summed E-state index contributed by atoms with van der Waals surface area (Å²) in [6.45, 7) is 3.34. The van der Waals surface area contributed by atoms with Crippen molar-refractivity contribution in [3.8, 4) is 11.1 Å². The zero-order valence-corrected chi connectivity index (χ0v) is 18.5. The lowest BCUT2D eigenvalue weighted by Crippen LogP contribution is -2.37. The molecule has 4 aromatic rings. The van der Waals surface area contributed by atoms with Gasteiger partial charge in [0, 0.05) is 60.3 Å². The lowest BCUT2D eigenvalue weighted by molar-refractivity contribution is 0.0654. The largest absolute Gasteiger partial charge is 0.378 e. The molecule has 33 heavy (non-hydrogen) atoms. The molecular formula is C24H21ClFN5O2. The second-order valence-corrected chi connectivity index (χ2v) is 8.57. The monoisotopic (exact) mass is 465 g/mol. The number of hydrogen-bond acceptors (Lipinski definition) is 6. The molecule has 6 rings (SSSR count). The van der Waals surface area contributed by atoms with Crippen LogP contribution in [0.4, 0.5) is 10.3 Å². The van der Waals surface area contributed by atoms with E-state index in [0.717, 1.165) is 30.0 Å². The van der Waals surface area contributed by atoms with Crippen LogP contribution < -0.4 is 4.90 Å². The summed E-state index contributed by atoms with van der Waals surface area (Å²) in [6.07, 6.45) is 5.47. The van der Waals surface area contributed by atoms with Crippen molar-refractivity contribution in [3.63, 3.8) is 0 Å². The molecule has 0 aliphatic carbocycles. The standard InChI is InChI=1S/C24H21ClFN5O2/c25-17-3-1-15(2-4-17)23-22-20(5-8-33-23)29-21-11-19(26)18(14-31(21)22)16-12-27-24(28-13-16)30-6-9-32-10-7-30/h1-4,11-14,23H,5-10H2. The number of fused-ring (bicyclic) bond motifs is 3. The first-order valence-electron chi connectivity index (χ1n) is 10.9. The first-order chi connectivity index (χ1) is 16.2. The van der Waals surface area contributed by atoms with Crippen LogP contribution in [0.3, 0.4) is 0 Å². The molecule has 2 aliphatic rings. The molecule has 1 saturated heterocycles. The van der Waals surface area contributed by atoms with Crippen molar-refractivity contribution in [2.75, 3.05) is 37.8 Å². The molecule has 1 fully saturated rings. The number of anilines is 1. The van der Waals surface area contributed by atoms with Crippen LogP contribution in [0, 0.1) is 5.82 Å². The van der Waals surface area contributed by atoms with Gasteiger partial charge in [0.2, 0.25) is 5.95 Å². The van der Waals surface area contributed by atoms with E-state index in [4.69, 9.17) is 21.1 Å². The number of imidazole rings is 1. The SMILES string of the molecule is Fc1cc2nc3c(n2cc1-c1cnc(N2CCOCC2)nc1)C(c1ccc(Cl)cc1)OCC3. The fraction of sp³-hybridized carbons (Fsp3) is 0.292. The Labute approximate surface area is 194 Å². The average molecular weight is 466 g/mol. The summed E-state index contributed by atoms with van der Waals surface area (Å²) in [5.41, 5.74) is 4.37. The van der Waals surface area contributed by atoms with Crippen LogP contribution >= 0.6 is 11.6 Å². The third-order valence-electron chi connectivity index (χ3n) is 6.11. The van der Waals surface area contributed by atoms with Gasteiger partial charge in [-0.25, -0.2) is 19.3 Å². The Bertz CT molecular complexity index is 1300. The number of benzene rings is 1. The fourth-order valence-corrected chi connectivity index (χ4v) is 4.56. The number of rotatable bonds is 3. The van der Waals surface area contributed by atoms with E-state index < -0.39 is 0 Å². The summed E-state index contributed by atoms with van der Waals surface area (Å²) in [4.78, 5) is 15.7. The van der Waals surface area contributed by atoms with E-state index in [-0.39, 0.29) is 11.9 Å². The van der Waals surface area contributed by atoms with Gasteiger partial charge in [0.05, 0.1) is 31.2 Å². The maximum Gasteiger partial charge on any atom is 0.225 e. The van der Waals surface area contributed by atoms with Gasteiger partial charge in [-0.3, -0.25) is 4.40 Å². The van der Waals surface area contributed by atoms with Crippen LogP contribution in [-0.4, -0.2) is 52.3 Å². The fourth-order valence-electron chi connectivity index (χ4n) is 4.44. The number of nitrogens with zero attached hydrogens (tertiary/aromatic N) is 5. The summed E-state index contributed by atoms with van der Waals surface area (Å²) >= 11 is 6.07. The first kappa shape index (κ1) is 20.5. The van der Waals surface area contributed by atoms with Crippen molar-refractivity contribution in [1.29, 1.82) is 0 Å². The van der Waals surface area contributed by atoms with Crippen molar-refractivity contribution >= 4 is 23.2 Å². The maximum absolute atomic E-state index is 15.1. The van der Waals surface area contributed by atoms with E-state index >= 15 is 4.39 Å². The predicted molar refractivity (Wildman–Crippen MR) is 122 cm³/mol. The Balaban J connectivity index is 1.41. The van der Waals surface area contributed by atoms with Crippen LogP contribution in [0.5, 0.6) is 0 Å². The second-order valence-electron chi connectivity index (χ2n) is 8.13. The van der Waals surface area contributed by atoms with Crippen molar-refractivity contribution in [1.82, 2.24) is 19.4 Å². The van der Waals surface area contributed by atoms with E-state index in [1.165, 1.54) is 6.07 Å². The zero-order chi connectivity index (χ0) is 22.4. The molecule has 2 aliphatic heterocycles. The minimum atomic E-state index is -0.364. The molecule has 1 atom stereocenters. The Morgan fingerprint density at radius 2 is 1.79 bits per heavy atom. The maximum atomic E-state index is 15.1. The molecular weight excluding hydrogens is 445 g/mol. The molecule has 0 spiro atoms. The van der Waals surface area contributed by atoms with Crippen LogP contribution in [0.2, 0.25) is 5.02 Å². The highest BCUT2D eigenvalue weighted by molar-refractivity contribution is 6.30. The topological polar surface area (TPSA) is 64.8 Å². The molecule has 1 aromatic carbocycles. The highest BCUT2D eigenvalue weighted by atomic mass is 35.5. The van der Waals surface area contributed by atoms with Gasteiger partial charge < -0.3 is 14.4 Å². The third-order valence-corrected chi connectivity index (χ3v) is 6.36. The zero-order valence-electron chi connectivity index (χ0n) is 17.7. The Morgan fingerprint density at radius 3 is 2.55 bits per heavy atom. The predicted octanol–water partition coefficient (Wildman–Crippen LogP) is 4.08. The van der Waals surface area contributed by atoms with Crippen LogP contribution in [-0.2, 0) is 15.9 Å². The van der Waals surface area contributed by atoms with Gasteiger partial charge in [-0.1, -0.05) is 23.7 Å². The molecule has 168 valence electrons. The summed E-state index contributed by atoms with van der Waals surface area (Å²) in [7, 11) is 0. The molecule has 5 heterocycles. The van der Waals surface area contributed by atoms with Gasteiger partial charge in [0.1, 0.15) is 17.6 Å². The van der Waals surface area contributed by atoms with Crippen LogP contribution in [0.1, 0.15) is 23.1 Å². The van der Waals surface area contributed by atoms with Crippen LogP contribution in [0.25, 0.3) is 16.8 Å². The van der Waals surface area contributed by atoms with Gasteiger partial charge in [-0.05, 0) is 17.7 Å². The van der Waals surface area contributed by atoms with Gasteiger partial charge in [-0.2, -0.15) is 0 Å². The number of pyridine rings is 1. The summed E-state index contributed by atoms with van der Waals surface area (Å²) < 4.78 is 28.5. The molecule has 3 aromatic heterocycles. The number of hydrogen-bond donors (Lipinski definition) is 0. The normalized spacial score (nSPS) is 18.5.